The summed E-state index contributed by atoms with van der Waals surface area (Å²) in [6, 6.07) is 26.6. The van der Waals surface area contributed by atoms with Gasteiger partial charge < -0.3 is 13.9 Å². The Hall–Kier alpha value is -4.12. The molecule has 0 spiro atoms. The van der Waals surface area contributed by atoms with Crippen LogP contribution >= 0.6 is 0 Å². The monoisotopic (exact) mass is 507 g/mol. The van der Waals surface area contributed by atoms with Crippen LogP contribution in [0.2, 0.25) is 0 Å². The van der Waals surface area contributed by atoms with Crippen LogP contribution in [0.3, 0.4) is 0 Å². The Balaban J connectivity index is 1.43. The summed E-state index contributed by atoms with van der Waals surface area (Å²) < 4.78 is 17.3. The van der Waals surface area contributed by atoms with E-state index in [9.17, 15) is 4.79 Å². The van der Waals surface area contributed by atoms with E-state index in [1.807, 2.05) is 55.5 Å². The van der Waals surface area contributed by atoms with E-state index in [1.54, 1.807) is 6.92 Å². The van der Waals surface area contributed by atoms with E-state index in [4.69, 9.17) is 18.9 Å². The predicted molar refractivity (Wildman–Crippen MR) is 150 cm³/mol. The Morgan fingerprint density at radius 3 is 2.47 bits per heavy atom. The minimum atomic E-state index is -0.359. The van der Waals surface area contributed by atoms with Crippen molar-refractivity contribution in [3.05, 3.63) is 102 Å². The molecule has 0 radical (unpaired) electrons. The average Bonchev–Trinajstić information content (AvgIpc) is 3.40. The normalized spacial score (nSPS) is 15.1. The van der Waals surface area contributed by atoms with E-state index in [0.717, 1.165) is 65.0 Å². The van der Waals surface area contributed by atoms with Gasteiger partial charge in [0.05, 0.1) is 6.61 Å². The number of benzene rings is 3. The van der Waals surface area contributed by atoms with Crippen molar-refractivity contribution >= 4 is 11.5 Å². The molecule has 3 aromatic carbocycles. The third-order valence-electron chi connectivity index (χ3n) is 6.90. The Bertz CT molecular complexity index is 1350. The first-order valence-electron chi connectivity index (χ1n) is 13.3. The highest BCUT2D eigenvalue weighted by Gasteiger charge is 2.26. The van der Waals surface area contributed by atoms with E-state index >= 15 is 0 Å². The Labute approximate surface area is 224 Å². The second kappa shape index (κ2) is 12.0. The number of esters is 1. The van der Waals surface area contributed by atoms with Gasteiger partial charge >= 0.3 is 5.97 Å². The number of allylic oxidation sites excluding steroid dienone is 2. The summed E-state index contributed by atoms with van der Waals surface area (Å²) in [5.41, 5.74) is 6.22. The summed E-state index contributed by atoms with van der Waals surface area (Å²) in [6.07, 6.45) is 6.32. The molecular weight excluding hydrogens is 474 g/mol. The summed E-state index contributed by atoms with van der Waals surface area (Å²) in [7, 11) is 0. The van der Waals surface area contributed by atoms with Crippen LogP contribution < -0.4 is 4.74 Å². The number of hydrogen-bond acceptors (Lipinski definition) is 5. The number of aromatic nitrogens is 1. The predicted octanol–water partition coefficient (Wildman–Crippen LogP) is 7.69. The second-order valence-corrected chi connectivity index (χ2v) is 9.61. The number of aryl methyl sites for hydroxylation is 1. The molecule has 1 aromatic heterocycles. The van der Waals surface area contributed by atoms with E-state index < -0.39 is 0 Å². The van der Waals surface area contributed by atoms with Crippen LogP contribution in [0, 0.1) is 12.8 Å². The van der Waals surface area contributed by atoms with Crippen molar-refractivity contribution in [2.75, 3.05) is 13.2 Å². The molecule has 0 N–H and O–H groups in total. The van der Waals surface area contributed by atoms with Gasteiger partial charge in [-0.1, -0.05) is 78.9 Å². The van der Waals surface area contributed by atoms with E-state index in [1.165, 1.54) is 0 Å². The molecule has 5 rings (SSSR count). The highest BCUT2D eigenvalue weighted by atomic mass is 16.6. The van der Waals surface area contributed by atoms with Crippen LogP contribution in [0.4, 0.5) is 0 Å². The lowest BCUT2D eigenvalue weighted by atomic mass is 9.83. The second-order valence-electron chi connectivity index (χ2n) is 9.61. The van der Waals surface area contributed by atoms with Gasteiger partial charge in [0.1, 0.15) is 11.4 Å². The van der Waals surface area contributed by atoms with Crippen molar-refractivity contribution < 1.29 is 18.7 Å². The van der Waals surface area contributed by atoms with Gasteiger partial charge in [-0.3, -0.25) is 0 Å². The van der Waals surface area contributed by atoms with Gasteiger partial charge in [-0.05, 0) is 62.6 Å². The van der Waals surface area contributed by atoms with Gasteiger partial charge in [-0.25, -0.2) is 9.78 Å². The summed E-state index contributed by atoms with van der Waals surface area (Å²) in [4.78, 5) is 16.9. The maximum absolute atomic E-state index is 11.8. The standard InChI is InChI=1S/C33H33NO4/c1-3-36-30(35)22-37-29-21-24(19-18-23(29)2)20-27-16-10-11-17-28(27)33-34-31(25-12-6-4-7-13-25)32(38-33)26-14-8-5-9-15-26/h4-9,12-15,17-19,21,27H,3,10-11,16,20,22H2,1-2H3. The molecule has 1 aliphatic carbocycles. The summed E-state index contributed by atoms with van der Waals surface area (Å²) in [5, 5.41) is 0. The third kappa shape index (κ3) is 5.88. The molecule has 38 heavy (non-hydrogen) atoms. The summed E-state index contributed by atoms with van der Waals surface area (Å²) >= 11 is 0. The molecule has 1 aliphatic rings. The van der Waals surface area contributed by atoms with Gasteiger partial charge in [0.25, 0.3) is 0 Å². The fourth-order valence-corrected chi connectivity index (χ4v) is 4.99. The number of ether oxygens (including phenoxy) is 2. The Morgan fingerprint density at radius 1 is 1.00 bits per heavy atom. The highest BCUT2D eigenvalue weighted by Crippen LogP contribution is 2.40. The molecule has 1 heterocycles. The van der Waals surface area contributed by atoms with Gasteiger partial charge in [0.2, 0.25) is 5.89 Å². The molecule has 0 saturated heterocycles. The summed E-state index contributed by atoms with van der Waals surface area (Å²) in [5.74, 6) is 2.11. The number of oxazole rings is 1. The fourth-order valence-electron chi connectivity index (χ4n) is 4.99. The Kier molecular flexibility index (Phi) is 8.03. The van der Waals surface area contributed by atoms with Crippen molar-refractivity contribution in [3.8, 4) is 28.3 Å². The molecule has 5 nitrogen and oxygen atoms in total. The Morgan fingerprint density at radius 2 is 1.74 bits per heavy atom. The van der Waals surface area contributed by atoms with Crippen LogP contribution in [-0.4, -0.2) is 24.2 Å². The lowest BCUT2D eigenvalue weighted by molar-refractivity contribution is -0.145. The molecule has 1 unspecified atom stereocenters. The minimum Gasteiger partial charge on any atom is -0.482 e. The third-order valence-corrected chi connectivity index (χ3v) is 6.90. The van der Waals surface area contributed by atoms with Gasteiger partial charge in [-0.2, -0.15) is 0 Å². The van der Waals surface area contributed by atoms with E-state index in [2.05, 4.69) is 36.4 Å². The SMILES string of the molecule is CCOC(=O)COc1cc(CC2CCCC=C2c2nc(-c3ccccc3)c(-c3ccccc3)o2)ccc1C. The van der Waals surface area contributed by atoms with Crippen LogP contribution in [0.25, 0.3) is 28.2 Å². The van der Waals surface area contributed by atoms with Crippen molar-refractivity contribution in [2.45, 2.75) is 39.5 Å². The molecule has 0 aliphatic heterocycles. The van der Waals surface area contributed by atoms with Crippen molar-refractivity contribution in [3.63, 3.8) is 0 Å². The fraction of sp³-hybridized carbons (Fsp3) is 0.273. The van der Waals surface area contributed by atoms with Gasteiger partial charge in [-0.15, -0.1) is 0 Å². The number of rotatable bonds is 9. The number of carbonyl (C=O) groups is 1. The highest BCUT2D eigenvalue weighted by molar-refractivity contribution is 5.79. The van der Waals surface area contributed by atoms with Gasteiger partial charge in [0.15, 0.2) is 12.4 Å². The molecule has 1 atom stereocenters. The quantitative estimate of drug-likeness (QED) is 0.217. The van der Waals surface area contributed by atoms with Crippen molar-refractivity contribution in [1.29, 1.82) is 0 Å². The smallest absolute Gasteiger partial charge is 0.344 e. The molecule has 0 saturated carbocycles. The topological polar surface area (TPSA) is 61.6 Å². The first kappa shape index (κ1) is 25.5. The van der Waals surface area contributed by atoms with E-state index in [0.29, 0.717) is 18.2 Å². The van der Waals surface area contributed by atoms with Gasteiger partial charge in [0, 0.05) is 16.7 Å². The largest absolute Gasteiger partial charge is 0.482 e. The number of carbonyl (C=O) groups excluding carboxylic acids is 1. The number of nitrogens with zero attached hydrogens (tertiary/aromatic N) is 1. The lowest BCUT2D eigenvalue weighted by Gasteiger charge is -2.23. The maximum atomic E-state index is 11.8. The molecule has 0 fully saturated rings. The van der Waals surface area contributed by atoms with Crippen LogP contribution in [0.15, 0.2) is 89.4 Å². The zero-order valence-corrected chi connectivity index (χ0v) is 22.0. The first-order valence-corrected chi connectivity index (χ1v) is 13.3. The minimum absolute atomic E-state index is 0.0897. The molecule has 0 bridgehead atoms. The molecule has 4 aromatic rings. The van der Waals surface area contributed by atoms with Crippen molar-refractivity contribution in [2.24, 2.45) is 5.92 Å². The lowest BCUT2D eigenvalue weighted by Crippen LogP contribution is -2.15. The molecule has 0 amide bonds. The summed E-state index contributed by atoms with van der Waals surface area (Å²) in [6.45, 7) is 4.03. The number of hydrogen-bond donors (Lipinski definition) is 0. The molecular formula is C33H33NO4. The van der Waals surface area contributed by atoms with Crippen LogP contribution in [-0.2, 0) is 16.0 Å². The maximum Gasteiger partial charge on any atom is 0.344 e. The van der Waals surface area contributed by atoms with Crippen LogP contribution in [0.1, 0.15) is 43.2 Å². The zero-order valence-electron chi connectivity index (χ0n) is 22.0. The molecule has 5 heteroatoms. The first-order chi connectivity index (χ1) is 18.6. The van der Waals surface area contributed by atoms with Crippen LogP contribution in [0.5, 0.6) is 5.75 Å². The van der Waals surface area contributed by atoms with E-state index in [-0.39, 0.29) is 18.5 Å². The zero-order chi connectivity index (χ0) is 26.3. The molecule has 194 valence electrons. The average molecular weight is 508 g/mol. The van der Waals surface area contributed by atoms with Crippen molar-refractivity contribution in [1.82, 2.24) is 4.98 Å².